The van der Waals surface area contributed by atoms with Crippen molar-refractivity contribution in [2.75, 3.05) is 0 Å². The van der Waals surface area contributed by atoms with E-state index in [9.17, 15) is 0 Å². The first-order valence-corrected chi connectivity index (χ1v) is 8.26. The fourth-order valence-corrected chi connectivity index (χ4v) is 3.99. The highest BCUT2D eigenvalue weighted by Gasteiger charge is 2.20. The average molecular weight is 298 g/mol. The van der Waals surface area contributed by atoms with E-state index in [4.69, 9.17) is 0 Å². The second-order valence-corrected chi connectivity index (χ2v) is 6.54. The van der Waals surface area contributed by atoms with Crippen molar-refractivity contribution in [3.05, 3.63) is 46.9 Å². The predicted molar refractivity (Wildman–Crippen MR) is 85.5 cm³/mol. The Bertz CT molecular complexity index is 774. The van der Waals surface area contributed by atoms with Crippen LogP contribution in [-0.4, -0.2) is 20.8 Å². The molecule has 0 amide bonds. The summed E-state index contributed by atoms with van der Waals surface area (Å²) in [6, 6.07) is 9.10. The van der Waals surface area contributed by atoms with Gasteiger partial charge in [-0.25, -0.2) is 9.67 Å². The van der Waals surface area contributed by atoms with E-state index in [1.54, 1.807) is 0 Å². The first-order valence-electron chi connectivity index (χ1n) is 7.38. The first-order chi connectivity index (χ1) is 10.3. The predicted octanol–water partition coefficient (Wildman–Crippen LogP) is 2.91. The maximum atomic E-state index is 4.46. The van der Waals surface area contributed by atoms with E-state index in [-0.39, 0.29) is 0 Å². The zero-order chi connectivity index (χ0) is 14.2. The van der Waals surface area contributed by atoms with E-state index in [0.29, 0.717) is 6.04 Å². The number of nitrogens with one attached hydrogen (secondary N) is 1. The third-order valence-corrected chi connectivity index (χ3v) is 5.12. The molecule has 0 radical (unpaired) electrons. The van der Waals surface area contributed by atoms with Crippen LogP contribution in [0.2, 0.25) is 0 Å². The Morgan fingerprint density at radius 1 is 1.38 bits per heavy atom. The molecule has 1 aliphatic rings. The van der Waals surface area contributed by atoms with Gasteiger partial charge >= 0.3 is 0 Å². The van der Waals surface area contributed by atoms with E-state index < -0.39 is 0 Å². The highest BCUT2D eigenvalue weighted by molar-refractivity contribution is 7.17. The number of hydrogen-bond donors (Lipinski definition) is 1. The molecule has 1 aliphatic heterocycles. The molecule has 4 rings (SSSR count). The van der Waals surface area contributed by atoms with Gasteiger partial charge in [0.2, 0.25) is 0 Å². The maximum absolute atomic E-state index is 4.46. The maximum Gasteiger partial charge on any atom is 0.147 e. The van der Waals surface area contributed by atoms with Crippen LogP contribution in [0.25, 0.3) is 10.1 Å². The van der Waals surface area contributed by atoms with Crippen molar-refractivity contribution >= 4 is 21.4 Å². The molecule has 0 unspecified atom stereocenters. The van der Waals surface area contributed by atoms with Crippen LogP contribution < -0.4 is 5.32 Å². The summed E-state index contributed by atoms with van der Waals surface area (Å²) in [5.41, 5.74) is 1.40. The minimum atomic E-state index is 0.484. The lowest BCUT2D eigenvalue weighted by Crippen LogP contribution is -2.37. The van der Waals surface area contributed by atoms with Gasteiger partial charge in [0.25, 0.3) is 0 Å². The molecule has 1 atom stereocenters. The zero-order valence-electron chi connectivity index (χ0n) is 12.0. The zero-order valence-corrected chi connectivity index (χ0v) is 12.9. The Balaban J connectivity index is 1.46. The fraction of sp³-hybridized carbons (Fsp3) is 0.375. The summed E-state index contributed by atoms with van der Waals surface area (Å²) in [5, 5.41) is 11.8. The Morgan fingerprint density at radius 2 is 2.29 bits per heavy atom. The van der Waals surface area contributed by atoms with Crippen LogP contribution in [0.4, 0.5) is 0 Å². The lowest BCUT2D eigenvalue weighted by atomic mass is 10.1. The Labute approximate surface area is 127 Å². The average Bonchev–Trinajstić information content (AvgIpc) is 3.07. The molecule has 108 valence electrons. The molecule has 0 saturated carbocycles. The normalized spacial score (nSPS) is 18.0. The van der Waals surface area contributed by atoms with Gasteiger partial charge in [-0.1, -0.05) is 18.2 Å². The summed E-state index contributed by atoms with van der Waals surface area (Å²) in [4.78, 5) is 4.46. The summed E-state index contributed by atoms with van der Waals surface area (Å²) < 4.78 is 3.43. The summed E-state index contributed by atoms with van der Waals surface area (Å²) in [6.45, 7) is 3.82. The molecular weight excluding hydrogens is 280 g/mol. The number of aryl methyl sites for hydroxylation is 2. The topological polar surface area (TPSA) is 42.7 Å². The molecular formula is C16H18N4S. The van der Waals surface area contributed by atoms with Gasteiger partial charge in [-0.3, -0.25) is 0 Å². The molecule has 0 bridgehead atoms. The fourth-order valence-electron chi connectivity index (χ4n) is 3.02. The number of hydrogen-bond acceptors (Lipinski definition) is 4. The van der Waals surface area contributed by atoms with Crippen LogP contribution in [-0.2, 0) is 19.5 Å². The molecule has 0 saturated heterocycles. The van der Waals surface area contributed by atoms with Crippen molar-refractivity contribution < 1.29 is 0 Å². The number of aromatic nitrogens is 3. The van der Waals surface area contributed by atoms with Gasteiger partial charge in [-0.15, -0.1) is 11.3 Å². The highest BCUT2D eigenvalue weighted by atomic mass is 32.1. The molecule has 5 heteroatoms. The summed E-state index contributed by atoms with van der Waals surface area (Å²) in [5.74, 6) is 2.01. The van der Waals surface area contributed by atoms with Crippen molar-refractivity contribution in [2.24, 2.45) is 0 Å². The smallest absolute Gasteiger partial charge is 0.147 e. The SMILES string of the molecule is Cc1nc2n(n1)C[C@H](NCc1csc3ccccc13)CC2. The van der Waals surface area contributed by atoms with Crippen molar-refractivity contribution in [3.63, 3.8) is 0 Å². The second-order valence-electron chi connectivity index (χ2n) is 5.63. The molecule has 0 aliphatic carbocycles. The third-order valence-electron chi connectivity index (χ3n) is 4.11. The molecule has 2 aromatic heterocycles. The van der Waals surface area contributed by atoms with Crippen LogP contribution in [0, 0.1) is 6.92 Å². The van der Waals surface area contributed by atoms with E-state index in [1.807, 2.05) is 18.3 Å². The second kappa shape index (κ2) is 5.24. The minimum absolute atomic E-state index is 0.484. The standard InChI is InChI=1S/C16H18N4S/c1-11-18-16-7-6-13(9-20(16)19-11)17-8-12-10-21-15-5-3-2-4-14(12)15/h2-5,10,13,17H,6-9H2,1H3/t13-/m1/s1. The van der Waals surface area contributed by atoms with Crippen LogP contribution in [0.3, 0.4) is 0 Å². The van der Waals surface area contributed by atoms with Crippen LogP contribution in [0.1, 0.15) is 23.6 Å². The van der Waals surface area contributed by atoms with Crippen LogP contribution in [0.5, 0.6) is 0 Å². The van der Waals surface area contributed by atoms with Crippen molar-refractivity contribution in [1.29, 1.82) is 0 Å². The molecule has 21 heavy (non-hydrogen) atoms. The van der Waals surface area contributed by atoms with Crippen LogP contribution >= 0.6 is 11.3 Å². The van der Waals surface area contributed by atoms with Gasteiger partial charge < -0.3 is 5.32 Å². The van der Waals surface area contributed by atoms with Crippen molar-refractivity contribution in [1.82, 2.24) is 20.1 Å². The van der Waals surface area contributed by atoms with E-state index in [0.717, 1.165) is 37.6 Å². The third kappa shape index (κ3) is 2.47. The lowest BCUT2D eigenvalue weighted by Gasteiger charge is -2.23. The molecule has 0 fully saturated rings. The van der Waals surface area contributed by atoms with Crippen molar-refractivity contribution in [3.8, 4) is 0 Å². The Morgan fingerprint density at radius 3 is 3.24 bits per heavy atom. The first kappa shape index (κ1) is 13.0. The lowest BCUT2D eigenvalue weighted by molar-refractivity contribution is 0.358. The van der Waals surface area contributed by atoms with Gasteiger partial charge in [0.1, 0.15) is 11.6 Å². The number of fused-ring (bicyclic) bond motifs is 2. The number of benzene rings is 1. The van der Waals surface area contributed by atoms with Gasteiger partial charge in [-0.05, 0) is 35.7 Å². The minimum Gasteiger partial charge on any atom is -0.308 e. The largest absolute Gasteiger partial charge is 0.308 e. The van der Waals surface area contributed by atoms with Gasteiger partial charge in [0.05, 0.1) is 6.54 Å². The van der Waals surface area contributed by atoms with Crippen LogP contribution in [0.15, 0.2) is 29.6 Å². The molecule has 3 aromatic rings. The molecule has 1 aromatic carbocycles. The number of thiophene rings is 1. The monoisotopic (exact) mass is 298 g/mol. The molecule has 4 nitrogen and oxygen atoms in total. The number of rotatable bonds is 3. The van der Waals surface area contributed by atoms with E-state index in [2.05, 4.69) is 49.7 Å². The Kier molecular flexibility index (Phi) is 3.24. The molecule has 0 spiro atoms. The molecule has 1 N–H and O–H groups in total. The summed E-state index contributed by atoms with van der Waals surface area (Å²) in [7, 11) is 0. The highest BCUT2D eigenvalue weighted by Crippen LogP contribution is 2.25. The quantitative estimate of drug-likeness (QED) is 0.808. The van der Waals surface area contributed by atoms with Gasteiger partial charge in [0, 0.05) is 23.7 Å². The van der Waals surface area contributed by atoms with Gasteiger partial charge in [-0.2, -0.15) is 5.10 Å². The summed E-state index contributed by atoms with van der Waals surface area (Å²) in [6.07, 6.45) is 2.16. The number of nitrogens with zero attached hydrogens (tertiary/aromatic N) is 3. The Hall–Kier alpha value is -1.72. The molecule has 3 heterocycles. The van der Waals surface area contributed by atoms with E-state index in [1.165, 1.54) is 15.6 Å². The van der Waals surface area contributed by atoms with Gasteiger partial charge in [0.15, 0.2) is 0 Å². The van der Waals surface area contributed by atoms with E-state index >= 15 is 0 Å². The summed E-state index contributed by atoms with van der Waals surface area (Å²) >= 11 is 1.82. The van der Waals surface area contributed by atoms with Crippen molar-refractivity contribution in [2.45, 2.75) is 38.9 Å².